The number of amides is 1. The van der Waals surface area contributed by atoms with E-state index in [0.717, 1.165) is 11.1 Å². The summed E-state index contributed by atoms with van der Waals surface area (Å²) >= 11 is 0. The van der Waals surface area contributed by atoms with E-state index in [4.69, 9.17) is 9.47 Å². The van der Waals surface area contributed by atoms with E-state index in [1.165, 1.54) is 19.4 Å². The Kier molecular flexibility index (Phi) is 6.25. The number of phenolic OH excluding ortho intramolecular Hbond substituents is 1. The fourth-order valence-electron chi connectivity index (χ4n) is 2.56. The number of rotatable bonds is 7. The number of hydrogen-bond donors (Lipinski definition) is 2. The third-order valence-electron chi connectivity index (χ3n) is 3.96. The van der Waals surface area contributed by atoms with Crippen molar-refractivity contribution in [2.45, 2.75) is 0 Å². The molecule has 0 spiro atoms. The van der Waals surface area contributed by atoms with Gasteiger partial charge in [0, 0.05) is 11.1 Å². The van der Waals surface area contributed by atoms with Crippen LogP contribution >= 0.6 is 0 Å². The zero-order valence-electron chi connectivity index (χ0n) is 15.3. The number of benzene rings is 3. The minimum Gasteiger partial charge on any atom is -0.507 e. The van der Waals surface area contributed by atoms with Gasteiger partial charge in [-0.25, -0.2) is 5.43 Å². The average molecular weight is 376 g/mol. The number of carbonyl (C=O) groups is 1. The van der Waals surface area contributed by atoms with Gasteiger partial charge < -0.3 is 14.6 Å². The first-order valence-electron chi connectivity index (χ1n) is 8.63. The van der Waals surface area contributed by atoms with Crippen molar-refractivity contribution in [2.75, 3.05) is 13.7 Å². The number of para-hydroxylation sites is 1. The van der Waals surface area contributed by atoms with Crippen LogP contribution in [0.3, 0.4) is 0 Å². The van der Waals surface area contributed by atoms with Gasteiger partial charge in [0.05, 0.1) is 13.3 Å². The maximum absolute atomic E-state index is 12.0. The molecule has 3 aromatic rings. The Balaban J connectivity index is 1.60. The first-order valence-corrected chi connectivity index (χ1v) is 8.63. The van der Waals surface area contributed by atoms with Crippen LogP contribution in [0.5, 0.6) is 17.2 Å². The lowest BCUT2D eigenvalue weighted by Gasteiger charge is -2.11. The number of hydrogen-bond acceptors (Lipinski definition) is 5. The van der Waals surface area contributed by atoms with Crippen LogP contribution in [-0.2, 0) is 4.79 Å². The van der Waals surface area contributed by atoms with Gasteiger partial charge in [-0.05, 0) is 29.8 Å². The topological polar surface area (TPSA) is 80.2 Å². The number of ether oxygens (including phenoxy) is 2. The molecule has 1 amide bonds. The Morgan fingerprint density at radius 2 is 1.82 bits per heavy atom. The number of aromatic hydroxyl groups is 1. The standard InChI is InChI=1S/C22H20N2O4/c1-27-18-11-12-20(25)17(13-18)14-23-24-22(26)15-28-21-10-6-5-9-19(21)16-7-3-2-4-8-16/h2-14,25H,15H2,1H3,(H,24,26). The van der Waals surface area contributed by atoms with E-state index in [1.807, 2.05) is 54.6 Å². The van der Waals surface area contributed by atoms with Crippen LogP contribution in [0.1, 0.15) is 5.56 Å². The summed E-state index contributed by atoms with van der Waals surface area (Å²) in [6, 6.07) is 22.0. The van der Waals surface area contributed by atoms with Crippen LogP contribution in [0, 0.1) is 0 Å². The second-order valence-corrected chi connectivity index (χ2v) is 5.87. The van der Waals surface area contributed by atoms with E-state index in [-0.39, 0.29) is 12.4 Å². The lowest BCUT2D eigenvalue weighted by Crippen LogP contribution is -2.24. The van der Waals surface area contributed by atoms with E-state index < -0.39 is 5.91 Å². The van der Waals surface area contributed by atoms with Gasteiger partial charge in [0.2, 0.25) is 0 Å². The molecule has 6 heteroatoms. The van der Waals surface area contributed by atoms with Crippen molar-refractivity contribution in [1.82, 2.24) is 5.43 Å². The van der Waals surface area contributed by atoms with Gasteiger partial charge in [0.1, 0.15) is 17.2 Å². The predicted molar refractivity (Wildman–Crippen MR) is 108 cm³/mol. The van der Waals surface area contributed by atoms with E-state index in [0.29, 0.717) is 17.1 Å². The summed E-state index contributed by atoms with van der Waals surface area (Å²) in [4.78, 5) is 12.0. The van der Waals surface area contributed by atoms with Crippen LogP contribution < -0.4 is 14.9 Å². The largest absolute Gasteiger partial charge is 0.507 e. The third kappa shape index (κ3) is 4.88. The van der Waals surface area contributed by atoms with Gasteiger partial charge in [-0.15, -0.1) is 0 Å². The second kappa shape index (κ2) is 9.23. The summed E-state index contributed by atoms with van der Waals surface area (Å²) in [7, 11) is 1.53. The SMILES string of the molecule is COc1ccc(O)c(C=NNC(=O)COc2ccccc2-c2ccccc2)c1. The number of nitrogens with zero attached hydrogens (tertiary/aromatic N) is 1. The number of methoxy groups -OCH3 is 1. The van der Waals surface area contributed by atoms with Crippen molar-refractivity contribution in [3.8, 4) is 28.4 Å². The first kappa shape index (κ1) is 19.0. The molecule has 0 fully saturated rings. The zero-order valence-corrected chi connectivity index (χ0v) is 15.3. The molecule has 3 rings (SSSR count). The molecule has 0 unspecified atom stereocenters. The average Bonchev–Trinajstić information content (AvgIpc) is 2.74. The summed E-state index contributed by atoms with van der Waals surface area (Å²) in [6.07, 6.45) is 1.34. The predicted octanol–water partition coefficient (Wildman–Crippen LogP) is 3.60. The zero-order chi connectivity index (χ0) is 19.8. The number of carbonyl (C=O) groups excluding carboxylic acids is 1. The monoisotopic (exact) mass is 376 g/mol. The molecule has 0 heterocycles. The second-order valence-electron chi connectivity index (χ2n) is 5.87. The summed E-state index contributed by atoms with van der Waals surface area (Å²) in [5, 5.41) is 13.7. The van der Waals surface area contributed by atoms with E-state index in [9.17, 15) is 9.90 Å². The van der Waals surface area contributed by atoms with Crippen LogP contribution in [0.25, 0.3) is 11.1 Å². The molecule has 28 heavy (non-hydrogen) atoms. The van der Waals surface area contributed by atoms with Crippen LogP contribution in [0.15, 0.2) is 77.9 Å². The molecule has 0 radical (unpaired) electrons. The Morgan fingerprint density at radius 3 is 2.61 bits per heavy atom. The Hall–Kier alpha value is -3.80. The third-order valence-corrected chi connectivity index (χ3v) is 3.96. The first-order chi connectivity index (χ1) is 13.7. The molecule has 0 aromatic heterocycles. The van der Waals surface area contributed by atoms with E-state index in [1.54, 1.807) is 12.1 Å². The van der Waals surface area contributed by atoms with Crippen LogP contribution in [-0.4, -0.2) is 30.9 Å². The minimum absolute atomic E-state index is 0.0341. The van der Waals surface area contributed by atoms with Gasteiger partial charge in [0.25, 0.3) is 5.91 Å². The number of hydrazone groups is 1. The summed E-state index contributed by atoms with van der Waals surface area (Å²) in [5.41, 5.74) is 4.71. The van der Waals surface area contributed by atoms with Crippen molar-refractivity contribution in [3.63, 3.8) is 0 Å². The number of nitrogens with one attached hydrogen (secondary N) is 1. The molecule has 0 bridgehead atoms. The fraction of sp³-hybridized carbons (Fsp3) is 0.0909. The molecular weight excluding hydrogens is 356 g/mol. The van der Waals surface area contributed by atoms with E-state index in [2.05, 4.69) is 10.5 Å². The minimum atomic E-state index is -0.415. The fourth-order valence-corrected chi connectivity index (χ4v) is 2.56. The molecule has 0 saturated heterocycles. The molecule has 0 aliphatic rings. The molecule has 3 aromatic carbocycles. The molecule has 0 aliphatic carbocycles. The highest BCUT2D eigenvalue weighted by Gasteiger charge is 2.08. The summed E-state index contributed by atoms with van der Waals surface area (Å²) < 4.78 is 10.8. The van der Waals surface area contributed by atoms with Gasteiger partial charge >= 0.3 is 0 Å². The molecule has 0 aliphatic heterocycles. The maximum Gasteiger partial charge on any atom is 0.277 e. The van der Waals surface area contributed by atoms with Gasteiger partial charge in [-0.3, -0.25) is 4.79 Å². The van der Waals surface area contributed by atoms with Crippen LogP contribution in [0.2, 0.25) is 0 Å². The molecule has 2 N–H and O–H groups in total. The lowest BCUT2D eigenvalue weighted by molar-refractivity contribution is -0.123. The highest BCUT2D eigenvalue weighted by Crippen LogP contribution is 2.29. The smallest absolute Gasteiger partial charge is 0.277 e. The summed E-state index contributed by atoms with van der Waals surface area (Å²) in [6.45, 7) is -0.189. The number of phenols is 1. The van der Waals surface area contributed by atoms with Gasteiger partial charge in [0.15, 0.2) is 6.61 Å². The Labute approximate surface area is 163 Å². The van der Waals surface area contributed by atoms with Gasteiger partial charge in [-0.1, -0.05) is 48.5 Å². The van der Waals surface area contributed by atoms with E-state index >= 15 is 0 Å². The lowest BCUT2D eigenvalue weighted by atomic mass is 10.1. The Bertz CT molecular complexity index is 971. The molecule has 0 atom stereocenters. The van der Waals surface area contributed by atoms with Crippen molar-refractivity contribution in [2.24, 2.45) is 5.10 Å². The van der Waals surface area contributed by atoms with Crippen LogP contribution in [0.4, 0.5) is 0 Å². The van der Waals surface area contributed by atoms with Crippen molar-refractivity contribution >= 4 is 12.1 Å². The molecule has 142 valence electrons. The Morgan fingerprint density at radius 1 is 1.07 bits per heavy atom. The van der Waals surface area contributed by atoms with Crippen molar-refractivity contribution in [1.29, 1.82) is 0 Å². The van der Waals surface area contributed by atoms with Crippen molar-refractivity contribution < 1.29 is 19.4 Å². The molecule has 0 saturated carbocycles. The van der Waals surface area contributed by atoms with Crippen molar-refractivity contribution in [3.05, 3.63) is 78.4 Å². The molecule has 6 nitrogen and oxygen atoms in total. The highest BCUT2D eigenvalue weighted by molar-refractivity contribution is 5.86. The maximum atomic E-state index is 12.0. The van der Waals surface area contributed by atoms with Gasteiger partial charge in [-0.2, -0.15) is 5.10 Å². The normalized spacial score (nSPS) is 10.6. The highest BCUT2D eigenvalue weighted by atomic mass is 16.5. The quantitative estimate of drug-likeness (QED) is 0.488. The molecular formula is C22H20N2O4. The summed E-state index contributed by atoms with van der Waals surface area (Å²) in [5.74, 6) is 0.804.